The van der Waals surface area contributed by atoms with E-state index in [1.807, 2.05) is 36.4 Å². The highest BCUT2D eigenvalue weighted by atomic mass is 16.5. The molecule has 1 N–H and O–H groups in total. The molecule has 0 spiro atoms. The van der Waals surface area contributed by atoms with E-state index in [4.69, 9.17) is 4.74 Å². The van der Waals surface area contributed by atoms with E-state index in [2.05, 4.69) is 64.2 Å². The summed E-state index contributed by atoms with van der Waals surface area (Å²) in [7, 11) is 0. The predicted molar refractivity (Wildman–Crippen MR) is 112 cm³/mol. The Balaban J connectivity index is 1.89. The molecule has 144 valence electrons. The maximum atomic E-state index is 12.0. The second-order valence-electron chi connectivity index (χ2n) is 8.70. The molecule has 1 amide bonds. The molecule has 0 saturated carbocycles. The molecule has 0 aliphatic carbocycles. The van der Waals surface area contributed by atoms with Crippen LogP contribution in [0.4, 0.5) is 0 Å². The van der Waals surface area contributed by atoms with Crippen molar-refractivity contribution in [2.45, 2.75) is 52.4 Å². The summed E-state index contributed by atoms with van der Waals surface area (Å²) in [6, 6.07) is 15.9. The van der Waals surface area contributed by atoms with E-state index >= 15 is 0 Å². The van der Waals surface area contributed by atoms with E-state index in [1.165, 1.54) is 5.56 Å². The first kappa shape index (κ1) is 20.7. The van der Waals surface area contributed by atoms with Crippen LogP contribution < -0.4 is 10.2 Å². The zero-order chi connectivity index (χ0) is 20.1. The Morgan fingerprint density at radius 1 is 0.963 bits per heavy atom. The smallest absolute Gasteiger partial charge is 0.277 e. The maximum absolute atomic E-state index is 12.0. The molecule has 0 radical (unpaired) electrons. The Labute approximate surface area is 162 Å². The van der Waals surface area contributed by atoms with Crippen molar-refractivity contribution in [3.63, 3.8) is 0 Å². The molecule has 2 rings (SSSR count). The first-order valence-corrected chi connectivity index (χ1v) is 9.22. The summed E-state index contributed by atoms with van der Waals surface area (Å²) in [6.07, 6.45) is 1.63. The highest BCUT2D eigenvalue weighted by Crippen LogP contribution is 2.30. The third-order valence-corrected chi connectivity index (χ3v) is 4.23. The second kappa shape index (κ2) is 8.38. The lowest BCUT2D eigenvalue weighted by Gasteiger charge is -2.22. The third-order valence-electron chi connectivity index (χ3n) is 4.23. The number of hydrogen-bond acceptors (Lipinski definition) is 3. The first-order valence-electron chi connectivity index (χ1n) is 9.22. The molecular weight excluding hydrogens is 336 g/mol. The molecule has 0 aliphatic heterocycles. The number of nitrogens with zero attached hydrogens (tertiary/aromatic N) is 1. The van der Waals surface area contributed by atoms with E-state index in [1.54, 1.807) is 6.21 Å². The van der Waals surface area contributed by atoms with E-state index in [0.717, 1.165) is 16.9 Å². The second-order valence-corrected chi connectivity index (χ2v) is 8.70. The number of amides is 1. The van der Waals surface area contributed by atoms with Crippen LogP contribution in [-0.4, -0.2) is 18.7 Å². The number of rotatable bonds is 5. The Hall–Kier alpha value is -2.62. The van der Waals surface area contributed by atoms with Gasteiger partial charge >= 0.3 is 0 Å². The van der Waals surface area contributed by atoms with Gasteiger partial charge in [0.05, 0.1) is 6.21 Å². The highest BCUT2D eigenvalue weighted by molar-refractivity contribution is 5.83. The van der Waals surface area contributed by atoms with Crippen LogP contribution in [0, 0.1) is 0 Å². The van der Waals surface area contributed by atoms with Gasteiger partial charge in [-0.25, -0.2) is 5.43 Å². The van der Waals surface area contributed by atoms with Gasteiger partial charge in [-0.05, 0) is 33.6 Å². The monoisotopic (exact) mass is 366 g/mol. The minimum absolute atomic E-state index is 0.0512. The lowest BCUT2D eigenvalue weighted by molar-refractivity contribution is -0.123. The first-order chi connectivity index (χ1) is 12.6. The normalized spacial score (nSPS) is 12.2. The molecule has 0 aliphatic rings. The van der Waals surface area contributed by atoms with Crippen LogP contribution in [0.1, 0.15) is 58.2 Å². The van der Waals surface area contributed by atoms with Gasteiger partial charge in [-0.1, -0.05) is 84.0 Å². The largest absolute Gasteiger partial charge is 0.483 e. The Morgan fingerprint density at radius 2 is 1.59 bits per heavy atom. The van der Waals surface area contributed by atoms with Gasteiger partial charge in [-0.15, -0.1) is 0 Å². The zero-order valence-electron chi connectivity index (χ0n) is 17.2. The topological polar surface area (TPSA) is 50.7 Å². The fourth-order valence-corrected chi connectivity index (χ4v) is 2.64. The van der Waals surface area contributed by atoms with Crippen molar-refractivity contribution < 1.29 is 9.53 Å². The van der Waals surface area contributed by atoms with Gasteiger partial charge in [0.1, 0.15) is 5.75 Å². The quantitative estimate of drug-likeness (QED) is 0.610. The van der Waals surface area contributed by atoms with Crippen molar-refractivity contribution in [2.24, 2.45) is 5.10 Å². The number of ether oxygens (including phenoxy) is 1. The molecule has 0 aromatic heterocycles. The van der Waals surface area contributed by atoms with Crippen molar-refractivity contribution in [2.75, 3.05) is 6.61 Å². The highest BCUT2D eigenvalue weighted by Gasteiger charge is 2.18. The molecular formula is C23H30N2O2. The SMILES string of the molecule is CC(C)(C)c1ccc(/C=N/NC(=O)COc2ccccc2C(C)(C)C)cc1. The van der Waals surface area contributed by atoms with E-state index < -0.39 is 0 Å². The molecule has 0 heterocycles. The van der Waals surface area contributed by atoms with Crippen molar-refractivity contribution in [1.82, 2.24) is 5.43 Å². The predicted octanol–water partition coefficient (Wildman–Crippen LogP) is 4.81. The van der Waals surface area contributed by atoms with E-state index in [0.29, 0.717) is 0 Å². The van der Waals surface area contributed by atoms with Crippen molar-refractivity contribution in [1.29, 1.82) is 0 Å². The fraction of sp³-hybridized carbons (Fsp3) is 0.391. The number of nitrogens with one attached hydrogen (secondary N) is 1. The Bertz CT molecular complexity index is 794. The van der Waals surface area contributed by atoms with Gasteiger partial charge < -0.3 is 4.74 Å². The van der Waals surface area contributed by atoms with Gasteiger partial charge in [-0.2, -0.15) is 5.10 Å². The summed E-state index contributed by atoms with van der Waals surface area (Å²) in [5, 5.41) is 4.01. The van der Waals surface area contributed by atoms with Gasteiger partial charge in [0.2, 0.25) is 0 Å². The van der Waals surface area contributed by atoms with Crippen LogP contribution in [0.15, 0.2) is 53.6 Å². The van der Waals surface area contributed by atoms with Crippen LogP contribution in [0.5, 0.6) is 5.75 Å². The van der Waals surface area contributed by atoms with Gasteiger partial charge in [0, 0.05) is 0 Å². The van der Waals surface area contributed by atoms with Crippen LogP contribution in [0.25, 0.3) is 0 Å². The number of hydrogen-bond donors (Lipinski definition) is 1. The number of benzene rings is 2. The molecule has 0 fully saturated rings. The summed E-state index contributed by atoms with van der Waals surface area (Å²) in [6.45, 7) is 12.8. The molecule has 0 atom stereocenters. The maximum Gasteiger partial charge on any atom is 0.277 e. The van der Waals surface area contributed by atoms with Gasteiger partial charge in [0.25, 0.3) is 5.91 Å². The lowest BCUT2D eigenvalue weighted by atomic mass is 9.86. The van der Waals surface area contributed by atoms with Crippen molar-refractivity contribution in [3.8, 4) is 5.75 Å². The molecule has 0 unspecified atom stereocenters. The number of para-hydroxylation sites is 1. The Morgan fingerprint density at radius 3 is 2.19 bits per heavy atom. The number of hydrazone groups is 1. The molecule has 0 bridgehead atoms. The third kappa shape index (κ3) is 6.24. The van der Waals surface area contributed by atoms with Crippen LogP contribution >= 0.6 is 0 Å². The molecule has 2 aromatic rings. The minimum Gasteiger partial charge on any atom is -0.483 e. The molecule has 2 aromatic carbocycles. The average Bonchev–Trinajstić information content (AvgIpc) is 2.59. The lowest BCUT2D eigenvalue weighted by Crippen LogP contribution is -2.25. The van der Waals surface area contributed by atoms with Crippen LogP contribution in [0.2, 0.25) is 0 Å². The number of carbonyl (C=O) groups excluding carboxylic acids is 1. The minimum atomic E-state index is -0.290. The summed E-state index contributed by atoms with van der Waals surface area (Å²) in [5.74, 6) is 0.433. The van der Waals surface area contributed by atoms with E-state index in [-0.39, 0.29) is 23.3 Å². The van der Waals surface area contributed by atoms with Crippen LogP contribution in [0.3, 0.4) is 0 Å². The molecule has 4 heteroatoms. The van der Waals surface area contributed by atoms with Crippen molar-refractivity contribution >= 4 is 12.1 Å². The van der Waals surface area contributed by atoms with Crippen LogP contribution in [-0.2, 0) is 15.6 Å². The zero-order valence-corrected chi connectivity index (χ0v) is 17.2. The van der Waals surface area contributed by atoms with Crippen molar-refractivity contribution in [3.05, 3.63) is 65.2 Å². The summed E-state index contributed by atoms with van der Waals surface area (Å²) >= 11 is 0. The summed E-state index contributed by atoms with van der Waals surface area (Å²) in [5.41, 5.74) is 5.84. The molecule has 27 heavy (non-hydrogen) atoms. The fourth-order valence-electron chi connectivity index (χ4n) is 2.64. The number of carbonyl (C=O) groups is 1. The van der Waals surface area contributed by atoms with Gasteiger partial charge in [0.15, 0.2) is 6.61 Å². The molecule has 0 saturated heterocycles. The average molecular weight is 367 g/mol. The standard InChI is InChI=1S/C23H30N2O2/c1-22(2,3)18-13-11-17(12-14-18)15-24-25-21(26)16-27-20-10-8-7-9-19(20)23(4,5)6/h7-15H,16H2,1-6H3,(H,25,26)/b24-15+. The summed E-state index contributed by atoms with van der Waals surface area (Å²) < 4.78 is 5.70. The summed E-state index contributed by atoms with van der Waals surface area (Å²) in [4.78, 5) is 12.0. The van der Waals surface area contributed by atoms with Gasteiger partial charge in [-0.3, -0.25) is 4.79 Å². The Kier molecular flexibility index (Phi) is 6.42. The molecule has 4 nitrogen and oxygen atoms in total. The van der Waals surface area contributed by atoms with E-state index in [9.17, 15) is 4.79 Å².